The van der Waals surface area contributed by atoms with Gasteiger partial charge in [0.05, 0.1) is 18.1 Å². The maximum Gasteiger partial charge on any atom is 0.233 e. The fraction of sp³-hybridized carbons (Fsp3) is 0.279. The third kappa shape index (κ3) is 7.69. The Morgan fingerprint density at radius 2 is 1.48 bits per heavy atom. The van der Waals surface area contributed by atoms with Crippen LogP contribution in [-0.2, 0) is 15.8 Å². The molecule has 0 unspecified atom stereocenters. The Kier molecular flexibility index (Phi) is 10.3. The number of hydrogen-bond acceptors (Lipinski definition) is 4. The summed E-state index contributed by atoms with van der Waals surface area (Å²) >= 11 is 0. The minimum absolute atomic E-state index is 0.0213. The van der Waals surface area contributed by atoms with Gasteiger partial charge in [-0.05, 0) is 95.7 Å². The molecule has 5 aromatic carbocycles. The number of hydrogen-bond donors (Lipinski definition) is 1. The first-order valence-electron chi connectivity index (χ1n) is 17.3. The molecule has 6 rings (SSSR count). The Labute approximate surface area is 296 Å². The van der Waals surface area contributed by atoms with Crippen LogP contribution in [0.3, 0.4) is 0 Å². The summed E-state index contributed by atoms with van der Waals surface area (Å²) < 4.78 is 27.6. The van der Waals surface area contributed by atoms with E-state index in [4.69, 9.17) is 9.16 Å². The van der Waals surface area contributed by atoms with Crippen molar-refractivity contribution in [1.82, 2.24) is 0 Å². The highest BCUT2D eigenvalue weighted by molar-refractivity contribution is 6.74. The van der Waals surface area contributed by atoms with Crippen molar-refractivity contribution in [2.75, 3.05) is 4.90 Å². The van der Waals surface area contributed by atoms with Gasteiger partial charge in [0.1, 0.15) is 23.9 Å². The van der Waals surface area contributed by atoms with E-state index in [1.54, 1.807) is 24.3 Å². The molecule has 0 saturated carbocycles. The molecule has 1 aliphatic rings. The maximum atomic E-state index is 14.2. The number of carbonyl (C=O) groups is 1. The van der Waals surface area contributed by atoms with Crippen LogP contribution < -0.4 is 9.64 Å². The first kappa shape index (κ1) is 35.1. The summed E-state index contributed by atoms with van der Waals surface area (Å²) in [6.45, 7) is 11.4. The van der Waals surface area contributed by atoms with Crippen molar-refractivity contribution >= 4 is 19.9 Å². The normalized spacial score (nSPS) is 16.9. The number of benzene rings is 5. The lowest BCUT2D eigenvalue weighted by Crippen LogP contribution is -2.55. The van der Waals surface area contributed by atoms with Crippen molar-refractivity contribution in [2.24, 2.45) is 5.92 Å². The Morgan fingerprint density at radius 3 is 2.14 bits per heavy atom. The Morgan fingerprint density at radius 1 is 0.820 bits per heavy atom. The summed E-state index contributed by atoms with van der Waals surface area (Å²) in [6.07, 6.45) is 0.906. The molecule has 0 radical (unpaired) electrons. The van der Waals surface area contributed by atoms with Crippen LogP contribution in [0.1, 0.15) is 62.4 Å². The van der Waals surface area contributed by atoms with E-state index in [1.807, 2.05) is 89.8 Å². The number of para-hydroxylation sites is 1. The van der Waals surface area contributed by atoms with Gasteiger partial charge in [-0.1, -0.05) is 106 Å². The van der Waals surface area contributed by atoms with Crippen LogP contribution in [0, 0.1) is 11.7 Å². The first-order valence-corrected chi connectivity index (χ1v) is 20.2. The first-order chi connectivity index (χ1) is 23.9. The molecule has 1 aliphatic heterocycles. The third-order valence-electron chi connectivity index (χ3n) is 10.2. The number of amides is 1. The van der Waals surface area contributed by atoms with Gasteiger partial charge >= 0.3 is 0 Å². The Hall–Kier alpha value is -4.72. The van der Waals surface area contributed by atoms with E-state index in [0.717, 1.165) is 33.5 Å². The molecular weight excluding hydrogens is 642 g/mol. The molecule has 7 heteroatoms. The van der Waals surface area contributed by atoms with E-state index < -0.39 is 8.32 Å². The van der Waals surface area contributed by atoms with E-state index in [-0.39, 0.29) is 40.6 Å². The summed E-state index contributed by atoms with van der Waals surface area (Å²) in [5, 5.41) is 10.2. The number of nitrogens with zero attached hydrogens (tertiary/aromatic N) is 1. The van der Waals surface area contributed by atoms with Crippen molar-refractivity contribution in [3.63, 3.8) is 0 Å². The molecule has 1 fully saturated rings. The molecule has 1 N–H and O–H groups in total. The maximum absolute atomic E-state index is 14.2. The Balaban J connectivity index is 1.37. The van der Waals surface area contributed by atoms with Gasteiger partial charge in [0.15, 0.2) is 8.32 Å². The number of rotatable bonds is 12. The lowest BCUT2D eigenvalue weighted by molar-refractivity contribution is -0.131. The summed E-state index contributed by atoms with van der Waals surface area (Å²) in [7, 11) is -2.21. The van der Waals surface area contributed by atoms with Crippen LogP contribution in [0.4, 0.5) is 10.1 Å². The molecule has 1 heterocycles. The van der Waals surface area contributed by atoms with Crippen LogP contribution in [0.15, 0.2) is 127 Å². The van der Waals surface area contributed by atoms with Gasteiger partial charge in [0.25, 0.3) is 0 Å². The molecular formula is C43H46FNO4Si. The van der Waals surface area contributed by atoms with Gasteiger partial charge in [0.2, 0.25) is 5.91 Å². The molecule has 3 atom stereocenters. The predicted octanol–water partition coefficient (Wildman–Crippen LogP) is 11.0. The molecule has 0 bridgehead atoms. The van der Waals surface area contributed by atoms with Gasteiger partial charge in [-0.2, -0.15) is 0 Å². The average Bonchev–Trinajstić information content (AvgIpc) is 3.10. The van der Waals surface area contributed by atoms with Crippen molar-refractivity contribution in [3.8, 4) is 22.6 Å². The number of phenols is 1. The quantitative estimate of drug-likeness (QED) is 0.105. The van der Waals surface area contributed by atoms with Gasteiger partial charge < -0.3 is 19.2 Å². The fourth-order valence-corrected chi connectivity index (χ4v) is 7.72. The summed E-state index contributed by atoms with van der Waals surface area (Å²) in [4.78, 5) is 16.1. The van der Waals surface area contributed by atoms with Crippen LogP contribution in [0.25, 0.3) is 11.1 Å². The second-order valence-electron chi connectivity index (χ2n) is 14.7. The van der Waals surface area contributed by atoms with E-state index in [9.17, 15) is 14.3 Å². The van der Waals surface area contributed by atoms with Crippen LogP contribution >= 0.6 is 0 Å². The molecule has 50 heavy (non-hydrogen) atoms. The third-order valence-corrected chi connectivity index (χ3v) is 14.7. The van der Waals surface area contributed by atoms with Gasteiger partial charge in [-0.15, -0.1) is 0 Å². The highest BCUT2D eigenvalue weighted by Crippen LogP contribution is 2.50. The average molecular weight is 688 g/mol. The van der Waals surface area contributed by atoms with Crippen LogP contribution in [0.5, 0.6) is 11.5 Å². The molecule has 1 amide bonds. The van der Waals surface area contributed by atoms with Crippen molar-refractivity contribution in [1.29, 1.82) is 0 Å². The number of β-lactam (4-membered cyclic amide) rings is 1. The monoisotopic (exact) mass is 687 g/mol. The summed E-state index contributed by atoms with van der Waals surface area (Å²) in [6, 6.07) is 39.4. The van der Waals surface area contributed by atoms with Gasteiger partial charge in [-0.3, -0.25) is 4.79 Å². The number of aromatic hydroxyl groups is 1. The fourth-order valence-electron chi connectivity index (χ4n) is 6.40. The van der Waals surface area contributed by atoms with Gasteiger partial charge in [0, 0.05) is 11.3 Å². The number of carbonyl (C=O) groups excluding carboxylic acids is 1. The molecule has 0 spiro atoms. The number of phenolic OH excluding ortho intramolecular Hbond substituents is 1. The zero-order valence-electron chi connectivity index (χ0n) is 29.5. The largest absolute Gasteiger partial charge is 0.508 e. The number of anilines is 1. The molecule has 258 valence electrons. The molecule has 0 aliphatic carbocycles. The lowest BCUT2D eigenvalue weighted by Gasteiger charge is -2.48. The zero-order chi connectivity index (χ0) is 35.5. The predicted molar refractivity (Wildman–Crippen MR) is 201 cm³/mol. The highest BCUT2D eigenvalue weighted by atomic mass is 28.4. The highest BCUT2D eigenvalue weighted by Gasteiger charge is 2.50. The Bertz CT molecular complexity index is 1910. The SMILES string of the molecule is CC(C)(C)[Si](C)(C)O[C@@H](CC[C@H]1C(=O)N(c2ccccc2)[C@@H]1c1ccc(-c2cccc(O)c2)cc1OCc1ccccc1)c1ccc(F)cc1. The minimum atomic E-state index is -2.21. The smallest absolute Gasteiger partial charge is 0.233 e. The summed E-state index contributed by atoms with van der Waals surface area (Å²) in [5.74, 6) is 0.314. The number of halogens is 1. The molecule has 0 aromatic heterocycles. The molecule has 5 nitrogen and oxygen atoms in total. The van der Waals surface area contributed by atoms with Crippen LogP contribution in [0.2, 0.25) is 18.1 Å². The second kappa shape index (κ2) is 14.6. The van der Waals surface area contributed by atoms with Crippen molar-refractivity contribution in [2.45, 2.75) is 70.5 Å². The zero-order valence-corrected chi connectivity index (χ0v) is 30.5. The second-order valence-corrected chi connectivity index (χ2v) is 19.4. The lowest BCUT2D eigenvalue weighted by atomic mass is 9.77. The summed E-state index contributed by atoms with van der Waals surface area (Å²) in [5.41, 5.74) is 5.47. The molecule has 5 aromatic rings. The van der Waals surface area contributed by atoms with Crippen molar-refractivity contribution in [3.05, 3.63) is 150 Å². The minimum Gasteiger partial charge on any atom is -0.508 e. The molecule has 1 saturated heterocycles. The number of ether oxygens (including phenoxy) is 1. The van der Waals surface area contributed by atoms with Gasteiger partial charge in [-0.25, -0.2) is 4.39 Å². The van der Waals surface area contributed by atoms with Crippen LogP contribution in [-0.4, -0.2) is 19.3 Å². The van der Waals surface area contributed by atoms with E-state index in [0.29, 0.717) is 25.2 Å². The standard InChI is InChI=1S/C43H46FNO4Si/c1-43(2,3)50(4,5)49-39(31-19-22-34(44)23-20-31)26-25-38-41(45(42(38)47)35-16-10-7-11-17-35)37-24-21-33(32-15-12-18-36(46)27-32)28-40(37)48-29-30-13-8-6-9-14-30/h6-24,27-28,38-39,41,46H,25-26,29H2,1-5H3/t38-,39+,41-/m1/s1. The van der Waals surface area contributed by atoms with E-state index in [1.165, 1.54) is 12.1 Å². The van der Waals surface area contributed by atoms with E-state index >= 15 is 0 Å². The topological polar surface area (TPSA) is 59.0 Å². The van der Waals surface area contributed by atoms with Crippen molar-refractivity contribution < 1.29 is 23.5 Å². The van der Waals surface area contributed by atoms with E-state index in [2.05, 4.69) is 39.9 Å².